The molecule has 0 aromatic heterocycles. The van der Waals surface area contributed by atoms with Gasteiger partial charge in [-0.05, 0) is 24.6 Å². The number of hydrogen-bond donors (Lipinski definition) is 2. The smallest absolute Gasteiger partial charge is 0.262 e. The number of anilines is 1. The molecule has 0 saturated carbocycles. The van der Waals surface area contributed by atoms with Crippen molar-refractivity contribution in [1.82, 2.24) is 5.32 Å². The van der Waals surface area contributed by atoms with Crippen LogP contribution in [0.25, 0.3) is 0 Å². The van der Waals surface area contributed by atoms with Crippen molar-refractivity contribution in [2.24, 2.45) is 0 Å². The van der Waals surface area contributed by atoms with Crippen molar-refractivity contribution in [2.45, 2.75) is 13.5 Å². The number of fused-ring (bicyclic) bond motifs is 1. The summed E-state index contributed by atoms with van der Waals surface area (Å²) in [6.45, 7) is 2.38. The third-order valence-corrected chi connectivity index (χ3v) is 3.42. The van der Waals surface area contributed by atoms with Crippen molar-refractivity contribution in [2.75, 3.05) is 11.9 Å². The number of aryl methyl sites for hydroxylation is 1. The molecule has 0 radical (unpaired) electrons. The van der Waals surface area contributed by atoms with Crippen LogP contribution in [0.4, 0.5) is 5.69 Å². The number of hydrogen-bond acceptors (Lipinski definition) is 3. The summed E-state index contributed by atoms with van der Waals surface area (Å²) in [6.07, 6.45) is 0. The molecule has 0 fully saturated rings. The van der Waals surface area contributed by atoms with Gasteiger partial charge in [-0.3, -0.25) is 9.59 Å². The molecule has 0 saturated heterocycles. The molecule has 2 N–H and O–H groups in total. The number of carbonyl (C=O) groups is 2. The first-order chi connectivity index (χ1) is 10.6. The van der Waals surface area contributed by atoms with Gasteiger partial charge in [0.2, 0.25) is 0 Å². The molecule has 0 spiro atoms. The molecule has 0 aliphatic carbocycles. The maximum absolute atomic E-state index is 12.4. The Hall–Kier alpha value is -2.82. The third kappa shape index (κ3) is 2.93. The molecule has 5 nitrogen and oxygen atoms in total. The van der Waals surface area contributed by atoms with Crippen molar-refractivity contribution in [3.8, 4) is 5.75 Å². The van der Waals surface area contributed by atoms with Gasteiger partial charge in [0, 0.05) is 6.54 Å². The lowest BCUT2D eigenvalue weighted by molar-refractivity contribution is -0.118. The van der Waals surface area contributed by atoms with Crippen molar-refractivity contribution < 1.29 is 14.3 Å². The summed E-state index contributed by atoms with van der Waals surface area (Å²) in [4.78, 5) is 23.7. The van der Waals surface area contributed by atoms with Crippen LogP contribution in [0.15, 0.2) is 42.5 Å². The zero-order valence-electron chi connectivity index (χ0n) is 12.2. The van der Waals surface area contributed by atoms with E-state index in [4.69, 9.17) is 4.74 Å². The number of ether oxygens (including phenoxy) is 1. The first-order valence-electron chi connectivity index (χ1n) is 7.03. The van der Waals surface area contributed by atoms with Crippen LogP contribution in [-0.4, -0.2) is 18.4 Å². The van der Waals surface area contributed by atoms with Gasteiger partial charge in [-0.25, -0.2) is 0 Å². The second-order valence-electron chi connectivity index (χ2n) is 5.19. The van der Waals surface area contributed by atoms with E-state index in [1.54, 1.807) is 18.2 Å². The van der Waals surface area contributed by atoms with Gasteiger partial charge < -0.3 is 15.4 Å². The van der Waals surface area contributed by atoms with Gasteiger partial charge in [0.15, 0.2) is 12.4 Å². The fourth-order valence-corrected chi connectivity index (χ4v) is 2.39. The van der Waals surface area contributed by atoms with E-state index in [1.807, 2.05) is 31.2 Å². The average molecular weight is 296 g/mol. The monoisotopic (exact) mass is 296 g/mol. The van der Waals surface area contributed by atoms with Crippen molar-refractivity contribution >= 4 is 17.5 Å². The molecule has 1 aliphatic rings. The molecule has 0 unspecified atom stereocenters. The van der Waals surface area contributed by atoms with E-state index >= 15 is 0 Å². The van der Waals surface area contributed by atoms with E-state index in [-0.39, 0.29) is 18.4 Å². The maximum atomic E-state index is 12.4. The Morgan fingerprint density at radius 1 is 1.27 bits per heavy atom. The van der Waals surface area contributed by atoms with E-state index in [9.17, 15) is 9.59 Å². The fraction of sp³-hybridized carbons (Fsp3) is 0.176. The second kappa shape index (κ2) is 5.89. The van der Waals surface area contributed by atoms with Crippen LogP contribution in [0, 0.1) is 6.92 Å². The van der Waals surface area contributed by atoms with E-state index in [0.717, 1.165) is 11.1 Å². The summed E-state index contributed by atoms with van der Waals surface area (Å²) in [5.41, 5.74) is 3.13. The standard InChI is InChI=1S/C17H16N2O3/c1-11-4-2-5-12(8-11)9-18-17(21)13-6-3-7-14-16(13)22-10-15(20)19-14/h2-8H,9-10H2,1H3,(H,18,21)(H,19,20). The van der Waals surface area contributed by atoms with Crippen LogP contribution in [-0.2, 0) is 11.3 Å². The Labute approximate surface area is 128 Å². The number of benzene rings is 2. The lowest BCUT2D eigenvalue weighted by Gasteiger charge is -2.20. The van der Waals surface area contributed by atoms with E-state index in [1.165, 1.54) is 0 Å². The molecule has 1 heterocycles. The van der Waals surface area contributed by atoms with Gasteiger partial charge in [-0.15, -0.1) is 0 Å². The Bertz CT molecular complexity index is 740. The summed E-state index contributed by atoms with van der Waals surface area (Å²) in [6, 6.07) is 13.1. The van der Waals surface area contributed by atoms with Crippen LogP contribution in [0.1, 0.15) is 21.5 Å². The van der Waals surface area contributed by atoms with Gasteiger partial charge in [-0.2, -0.15) is 0 Å². The lowest BCUT2D eigenvalue weighted by Crippen LogP contribution is -2.29. The normalized spacial score (nSPS) is 12.9. The summed E-state index contributed by atoms with van der Waals surface area (Å²) in [5, 5.41) is 5.56. The average Bonchev–Trinajstić information content (AvgIpc) is 2.52. The highest BCUT2D eigenvalue weighted by atomic mass is 16.5. The van der Waals surface area contributed by atoms with Crippen LogP contribution >= 0.6 is 0 Å². The summed E-state index contributed by atoms with van der Waals surface area (Å²) in [7, 11) is 0. The lowest BCUT2D eigenvalue weighted by atomic mass is 10.1. The van der Waals surface area contributed by atoms with Crippen molar-refractivity contribution in [3.63, 3.8) is 0 Å². The van der Waals surface area contributed by atoms with Gasteiger partial charge in [-0.1, -0.05) is 35.9 Å². The van der Waals surface area contributed by atoms with Crippen LogP contribution < -0.4 is 15.4 Å². The number of carbonyl (C=O) groups excluding carboxylic acids is 2. The zero-order valence-corrected chi connectivity index (χ0v) is 12.2. The van der Waals surface area contributed by atoms with E-state index in [2.05, 4.69) is 10.6 Å². The second-order valence-corrected chi connectivity index (χ2v) is 5.19. The highest BCUT2D eigenvalue weighted by Gasteiger charge is 2.22. The molecule has 5 heteroatoms. The molecule has 22 heavy (non-hydrogen) atoms. The predicted molar refractivity (Wildman–Crippen MR) is 82.9 cm³/mol. The van der Waals surface area contributed by atoms with E-state index in [0.29, 0.717) is 23.5 Å². The fourth-order valence-electron chi connectivity index (χ4n) is 2.39. The van der Waals surface area contributed by atoms with Crippen molar-refractivity contribution in [1.29, 1.82) is 0 Å². The number of rotatable bonds is 3. The summed E-state index contributed by atoms with van der Waals surface area (Å²) < 4.78 is 5.39. The highest BCUT2D eigenvalue weighted by molar-refractivity contribution is 6.03. The number of para-hydroxylation sites is 1. The molecule has 1 aliphatic heterocycles. The topological polar surface area (TPSA) is 67.4 Å². The minimum atomic E-state index is -0.227. The first kappa shape index (κ1) is 14.1. The van der Waals surface area contributed by atoms with Crippen LogP contribution in [0.5, 0.6) is 5.75 Å². The SMILES string of the molecule is Cc1cccc(CNC(=O)c2cccc3c2OCC(=O)N3)c1. The molecule has 0 atom stereocenters. The Kier molecular flexibility index (Phi) is 3.78. The van der Waals surface area contributed by atoms with Gasteiger partial charge in [0.25, 0.3) is 11.8 Å². The predicted octanol–water partition coefficient (Wildman–Crippen LogP) is 2.26. The zero-order chi connectivity index (χ0) is 15.5. The summed E-state index contributed by atoms with van der Waals surface area (Å²) in [5.74, 6) is -0.0248. The third-order valence-electron chi connectivity index (χ3n) is 3.42. The van der Waals surface area contributed by atoms with Crippen LogP contribution in [0.2, 0.25) is 0 Å². The number of nitrogens with one attached hydrogen (secondary N) is 2. The van der Waals surface area contributed by atoms with E-state index < -0.39 is 0 Å². The highest BCUT2D eigenvalue weighted by Crippen LogP contribution is 2.31. The molecule has 2 aromatic carbocycles. The molecule has 3 rings (SSSR count). The maximum Gasteiger partial charge on any atom is 0.262 e. The molecule has 112 valence electrons. The molecule has 2 aromatic rings. The molecule has 0 bridgehead atoms. The van der Waals surface area contributed by atoms with Gasteiger partial charge in [0.1, 0.15) is 0 Å². The molecular formula is C17H16N2O3. The summed E-state index contributed by atoms with van der Waals surface area (Å²) >= 11 is 0. The Morgan fingerprint density at radius 3 is 2.91 bits per heavy atom. The van der Waals surface area contributed by atoms with Gasteiger partial charge >= 0.3 is 0 Å². The minimum absolute atomic E-state index is 0.0742. The molecular weight excluding hydrogens is 280 g/mol. The Morgan fingerprint density at radius 2 is 2.09 bits per heavy atom. The number of amides is 2. The first-order valence-corrected chi connectivity index (χ1v) is 7.03. The van der Waals surface area contributed by atoms with Gasteiger partial charge in [0.05, 0.1) is 11.3 Å². The minimum Gasteiger partial charge on any atom is -0.481 e. The molecule has 2 amide bonds. The largest absolute Gasteiger partial charge is 0.481 e. The quantitative estimate of drug-likeness (QED) is 0.913. The van der Waals surface area contributed by atoms with Crippen LogP contribution in [0.3, 0.4) is 0 Å². The Balaban J connectivity index is 1.76. The van der Waals surface area contributed by atoms with Crippen molar-refractivity contribution in [3.05, 3.63) is 59.2 Å².